The number of hydrogen-bond donors (Lipinski definition) is 1. The molecule has 2 fully saturated rings. The van der Waals surface area contributed by atoms with Crippen LogP contribution in [0, 0.1) is 5.92 Å². The summed E-state index contributed by atoms with van der Waals surface area (Å²) in [5, 5.41) is 3.33. The van der Waals surface area contributed by atoms with Gasteiger partial charge in [-0.25, -0.2) is 9.97 Å². The van der Waals surface area contributed by atoms with Crippen molar-refractivity contribution in [2.24, 2.45) is 5.92 Å². The Balaban J connectivity index is 1.50. The van der Waals surface area contributed by atoms with E-state index in [2.05, 4.69) is 33.2 Å². The van der Waals surface area contributed by atoms with Crippen LogP contribution in [0.3, 0.4) is 0 Å². The first-order valence-electron chi connectivity index (χ1n) is 9.92. The minimum Gasteiger partial charge on any atom is -0.370 e. The molecule has 0 aliphatic carbocycles. The fourth-order valence-corrected chi connectivity index (χ4v) is 4.58. The average molecular weight is 378 g/mol. The van der Waals surface area contributed by atoms with Crippen LogP contribution in [0.1, 0.15) is 39.0 Å². The largest absolute Gasteiger partial charge is 0.370 e. The van der Waals surface area contributed by atoms with E-state index in [1.54, 1.807) is 6.33 Å². The molecule has 0 spiro atoms. The lowest BCUT2D eigenvalue weighted by Gasteiger charge is -2.34. The average Bonchev–Trinajstić information content (AvgIpc) is 2.71. The van der Waals surface area contributed by atoms with Crippen molar-refractivity contribution >= 4 is 29.3 Å². The molecule has 0 radical (unpaired) electrons. The smallest absolute Gasteiger partial charge is 0.222 e. The number of carbonyl (C=O) groups excluding carboxylic acids is 1. The normalized spacial score (nSPS) is 20.9. The van der Waals surface area contributed by atoms with Crippen molar-refractivity contribution in [2.45, 2.75) is 39.0 Å². The third-order valence-electron chi connectivity index (χ3n) is 5.18. The van der Waals surface area contributed by atoms with Gasteiger partial charge in [-0.05, 0) is 31.6 Å². The van der Waals surface area contributed by atoms with Crippen LogP contribution in [-0.4, -0.2) is 65.0 Å². The molecule has 3 rings (SSSR count). The van der Waals surface area contributed by atoms with E-state index in [0.29, 0.717) is 18.2 Å². The molecule has 6 nitrogen and oxygen atoms in total. The van der Waals surface area contributed by atoms with Crippen LogP contribution in [-0.2, 0) is 4.79 Å². The number of anilines is 2. The van der Waals surface area contributed by atoms with E-state index in [1.807, 2.05) is 16.7 Å². The van der Waals surface area contributed by atoms with Crippen LogP contribution in [0.15, 0.2) is 12.4 Å². The zero-order valence-electron chi connectivity index (χ0n) is 15.8. The number of aromatic nitrogens is 2. The van der Waals surface area contributed by atoms with Gasteiger partial charge in [0.15, 0.2) is 0 Å². The molecule has 3 heterocycles. The quantitative estimate of drug-likeness (QED) is 0.788. The number of nitrogens with one attached hydrogen (secondary N) is 1. The first-order chi connectivity index (χ1) is 12.8. The fourth-order valence-electron chi connectivity index (χ4n) is 3.68. The highest BCUT2D eigenvalue weighted by molar-refractivity contribution is 7.99. The van der Waals surface area contributed by atoms with E-state index in [4.69, 9.17) is 0 Å². The Morgan fingerprint density at radius 1 is 1.31 bits per heavy atom. The number of piperidine rings is 1. The second-order valence-electron chi connectivity index (χ2n) is 7.17. The van der Waals surface area contributed by atoms with Crippen LogP contribution in [0.25, 0.3) is 0 Å². The Hall–Kier alpha value is -1.50. The third-order valence-corrected chi connectivity index (χ3v) is 6.12. The van der Waals surface area contributed by atoms with E-state index < -0.39 is 0 Å². The highest BCUT2D eigenvalue weighted by Crippen LogP contribution is 2.26. The molecule has 144 valence electrons. The molecule has 2 aliphatic rings. The van der Waals surface area contributed by atoms with Gasteiger partial charge < -0.3 is 15.1 Å². The van der Waals surface area contributed by atoms with Gasteiger partial charge in [0.25, 0.3) is 0 Å². The maximum absolute atomic E-state index is 12.4. The number of carbonyl (C=O) groups is 1. The lowest BCUT2D eigenvalue weighted by atomic mass is 9.93. The summed E-state index contributed by atoms with van der Waals surface area (Å²) in [4.78, 5) is 25.6. The molecular formula is C19H31N5OS. The van der Waals surface area contributed by atoms with Gasteiger partial charge >= 0.3 is 0 Å². The molecule has 1 amide bonds. The Kier molecular flexibility index (Phi) is 7.41. The molecule has 1 aromatic heterocycles. The van der Waals surface area contributed by atoms with E-state index in [0.717, 1.165) is 68.7 Å². The van der Waals surface area contributed by atoms with Crippen molar-refractivity contribution in [3.63, 3.8) is 0 Å². The van der Waals surface area contributed by atoms with Crippen LogP contribution in [0.5, 0.6) is 0 Å². The van der Waals surface area contributed by atoms with Gasteiger partial charge in [-0.15, -0.1) is 0 Å². The van der Waals surface area contributed by atoms with Gasteiger partial charge in [0.05, 0.1) is 0 Å². The summed E-state index contributed by atoms with van der Waals surface area (Å²) in [6, 6.07) is 2.05. The number of hydrogen-bond acceptors (Lipinski definition) is 6. The Bertz CT molecular complexity index is 579. The van der Waals surface area contributed by atoms with Crippen molar-refractivity contribution < 1.29 is 4.79 Å². The van der Waals surface area contributed by atoms with Gasteiger partial charge in [-0.1, -0.05) is 6.92 Å². The Labute approximate surface area is 161 Å². The second kappa shape index (κ2) is 10.00. The van der Waals surface area contributed by atoms with E-state index in [9.17, 15) is 4.79 Å². The zero-order valence-corrected chi connectivity index (χ0v) is 16.6. The summed E-state index contributed by atoms with van der Waals surface area (Å²) in [7, 11) is 0. The maximum Gasteiger partial charge on any atom is 0.222 e. The zero-order chi connectivity index (χ0) is 18.2. The molecule has 7 heteroatoms. The van der Waals surface area contributed by atoms with E-state index in [-0.39, 0.29) is 0 Å². The molecule has 1 N–H and O–H groups in total. The summed E-state index contributed by atoms with van der Waals surface area (Å²) < 4.78 is 0. The van der Waals surface area contributed by atoms with Gasteiger partial charge in [0.1, 0.15) is 18.0 Å². The SMILES string of the molecule is CCCNc1cc(N2CCC[C@@H](CCC(=O)N3CCSCC3)C2)ncn1. The predicted octanol–water partition coefficient (Wildman–Crippen LogP) is 2.87. The molecule has 26 heavy (non-hydrogen) atoms. The number of nitrogens with zero attached hydrogens (tertiary/aromatic N) is 4. The maximum atomic E-state index is 12.4. The Morgan fingerprint density at radius 3 is 2.96 bits per heavy atom. The molecular weight excluding hydrogens is 346 g/mol. The van der Waals surface area contributed by atoms with Crippen molar-refractivity contribution in [1.29, 1.82) is 0 Å². The van der Waals surface area contributed by atoms with Crippen molar-refractivity contribution in [2.75, 3.05) is 54.4 Å². The predicted molar refractivity (Wildman–Crippen MR) is 109 cm³/mol. The fraction of sp³-hybridized carbons (Fsp3) is 0.737. The molecule has 2 aliphatic heterocycles. The molecule has 1 atom stereocenters. The minimum absolute atomic E-state index is 0.343. The molecule has 0 unspecified atom stereocenters. The van der Waals surface area contributed by atoms with Gasteiger partial charge in [-0.2, -0.15) is 11.8 Å². The summed E-state index contributed by atoms with van der Waals surface area (Å²) in [5.41, 5.74) is 0. The van der Waals surface area contributed by atoms with Crippen LogP contribution < -0.4 is 10.2 Å². The molecule has 2 saturated heterocycles. The molecule has 0 saturated carbocycles. The monoisotopic (exact) mass is 377 g/mol. The minimum atomic E-state index is 0.343. The van der Waals surface area contributed by atoms with Crippen LogP contribution in [0.2, 0.25) is 0 Å². The molecule has 1 aromatic rings. The lowest BCUT2D eigenvalue weighted by Crippen LogP contribution is -2.39. The highest BCUT2D eigenvalue weighted by Gasteiger charge is 2.23. The second-order valence-corrected chi connectivity index (χ2v) is 8.40. The topological polar surface area (TPSA) is 61.4 Å². The summed E-state index contributed by atoms with van der Waals surface area (Å²) in [6.07, 6.45) is 6.79. The Morgan fingerprint density at radius 2 is 2.15 bits per heavy atom. The molecule has 0 aromatic carbocycles. The number of amides is 1. The van der Waals surface area contributed by atoms with Gasteiger partial charge in [0.2, 0.25) is 5.91 Å². The van der Waals surface area contributed by atoms with Gasteiger partial charge in [0, 0.05) is 56.7 Å². The third kappa shape index (κ3) is 5.50. The number of rotatable bonds is 7. The van der Waals surface area contributed by atoms with Gasteiger partial charge in [-0.3, -0.25) is 4.79 Å². The summed E-state index contributed by atoms with van der Waals surface area (Å²) >= 11 is 1.95. The first kappa shape index (κ1) is 19.3. The first-order valence-corrected chi connectivity index (χ1v) is 11.1. The number of thioether (sulfide) groups is 1. The summed E-state index contributed by atoms with van der Waals surface area (Å²) in [5.74, 6) is 5.00. The van der Waals surface area contributed by atoms with Crippen LogP contribution >= 0.6 is 11.8 Å². The summed E-state index contributed by atoms with van der Waals surface area (Å²) in [6.45, 7) is 6.96. The van der Waals surface area contributed by atoms with Crippen LogP contribution in [0.4, 0.5) is 11.6 Å². The highest BCUT2D eigenvalue weighted by atomic mass is 32.2. The molecule has 0 bridgehead atoms. The van der Waals surface area contributed by atoms with Crippen molar-refractivity contribution in [3.8, 4) is 0 Å². The lowest BCUT2D eigenvalue weighted by molar-refractivity contribution is -0.131. The van der Waals surface area contributed by atoms with E-state index in [1.165, 1.54) is 12.8 Å². The van der Waals surface area contributed by atoms with Crippen molar-refractivity contribution in [3.05, 3.63) is 12.4 Å². The van der Waals surface area contributed by atoms with E-state index >= 15 is 0 Å². The standard InChI is InChI=1S/C19H31N5OS/c1-2-7-20-17-13-18(22-15-21-17)24-8-3-4-16(14-24)5-6-19(25)23-9-11-26-12-10-23/h13,15-16H,2-12,14H2,1H3,(H,20,21,22)/t16-/m0/s1. The van der Waals surface area contributed by atoms with Crippen molar-refractivity contribution in [1.82, 2.24) is 14.9 Å².